The molecule has 7 heteroatoms. The molecule has 0 radical (unpaired) electrons. The van der Waals surface area contributed by atoms with Gasteiger partial charge >= 0.3 is 0 Å². The molecular weight excluding hydrogens is 379 g/mol. The number of halogens is 1. The van der Waals surface area contributed by atoms with E-state index in [1.54, 1.807) is 18.2 Å². The Bertz CT molecular complexity index is 1060. The van der Waals surface area contributed by atoms with Gasteiger partial charge in [-0.15, -0.1) is 0 Å². The summed E-state index contributed by atoms with van der Waals surface area (Å²) >= 11 is 0. The Hall–Kier alpha value is -2.67. The van der Waals surface area contributed by atoms with Crippen LogP contribution in [-0.2, 0) is 14.6 Å². The van der Waals surface area contributed by atoms with E-state index in [1.165, 1.54) is 30.3 Å². The number of hydrogen-bond acceptors (Lipinski definition) is 4. The largest absolute Gasteiger partial charge is 0.367 e. The van der Waals surface area contributed by atoms with Gasteiger partial charge in [0.25, 0.3) is 5.91 Å². The Balaban J connectivity index is 1.83. The first-order valence-corrected chi connectivity index (χ1v) is 10.8. The number of carbonyl (C=O) groups excluding carboxylic acids is 1. The number of piperidine rings is 1. The summed E-state index contributed by atoms with van der Waals surface area (Å²) in [5.41, 5.74) is 1.39. The summed E-state index contributed by atoms with van der Waals surface area (Å²) in [4.78, 5) is 15.0. The maximum absolute atomic E-state index is 13.2. The number of nitrogens with one attached hydrogen (secondary N) is 1. The minimum Gasteiger partial charge on any atom is -0.367 e. The van der Waals surface area contributed by atoms with Gasteiger partial charge in [0.15, 0.2) is 4.91 Å². The van der Waals surface area contributed by atoms with E-state index in [1.807, 2.05) is 4.90 Å². The summed E-state index contributed by atoms with van der Waals surface area (Å²) in [6.07, 6.45) is 2.97. The fourth-order valence-corrected chi connectivity index (χ4v) is 5.63. The normalized spacial score (nSPS) is 20.8. The lowest BCUT2D eigenvalue weighted by Crippen LogP contribution is -2.37. The second-order valence-electron chi connectivity index (χ2n) is 7.18. The molecular formula is C21H21FN2O3S. The number of fused-ring (bicyclic) bond motifs is 1. The summed E-state index contributed by atoms with van der Waals surface area (Å²) in [6.45, 7) is 2.75. The monoisotopic (exact) mass is 400 g/mol. The van der Waals surface area contributed by atoms with Gasteiger partial charge in [-0.2, -0.15) is 0 Å². The maximum Gasteiger partial charge on any atom is 0.269 e. The van der Waals surface area contributed by atoms with Crippen LogP contribution in [0.1, 0.15) is 31.7 Å². The predicted molar refractivity (Wildman–Crippen MR) is 106 cm³/mol. The lowest BCUT2D eigenvalue weighted by atomic mass is 10.00. The van der Waals surface area contributed by atoms with E-state index in [9.17, 15) is 17.6 Å². The van der Waals surface area contributed by atoms with Gasteiger partial charge in [-0.1, -0.05) is 18.2 Å². The number of anilines is 1. The molecule has 2 aliphatic heterocycles. The number of hydrogen-bond donors (Lipinski definition) is 1. The van der Waals surface area contributed by atoms with E-state index in [-0.39, 0.29) is 15.8 Å². The summed E-state index contributed by atoms with van der Waals surface area (Å²) < 4.78 is 39.6. The average molecular weight is 400 g/mol. The molecule has 146 valence electrons. The molecule has 0 aromatic heterocycles. The van der Waals surface area contributed by atoms with E-state index in [2.05, 4.69) is 12.2 Å². The van der Waals surface area contributed by atoms with Gasteiger partial charge in [-0.25, -0.2) is 12.8 Å². The van der Waals surface area contributed by atoms with Crippen molar-refractivity contribution in [2.75, 3.05) is 11.9 Å². The minimum absolute atomic E-state index is 0.138. The maximum atomic E-state index is 13.2. The zero-order valence-electron chi connectivity index (χ0n) is 15.5. The molecule has 2 aromatic rings. The van der Waals surface area contributed by atoms with Gasteiger partial charge in [0, 0.05) is 23.8 Å². The van der Waals surface area contributed by atoms with Crippen LogP contribution in [-0.4, -0.2) is 31.8 Å². The first kappa shape index (κ1) is 18.7. The van der Waals surface area contributed by atoms with Crippen molar-refractivity contribution in [1.82, 2.24) is 4.90 Å². The number of sulfone groups is 1. The molecule has 0 aliphatic carbocycles. The zero-order valence-corrected chi connectivity index (χ0v) is 16.3. The van der Waals surface area contributed by atoms with Gasteiger partial charge in [-0.05, 0) is 56.5 Å². The molecule has 1 fully saturated rings. The zero-order chi connectivity index (χ0) is 19.9. The molecule has 0 saturated carbocycles. The standard InChI is InChI=1S/C21H21FN2O3S/c1-14-6-4-5-13-24(14)19-17-7-2-3-8-18(17)28(26,27)20(19)21(25)23-16-11-9-15(22)10-12-16/h2-3,7-12,14H,4-6,13H2,1H3,(H,23,25). The van der Waals surface area contributed by atoms with Crippen LogP contribution in [0.2, 0.25) is 0 Å². The van der Waals surface area contributed by atoms with Crippen LogP contribution >= 0.6 is 0 Å². The summed E-state index contributed by atoms with van der Waals surface area (Å²) in [7, 11) is -3.94. The number of likely N-dealkylation sites (tertiary alicyclic amines) is 1. The molecule has 4 rings (SSSR count). The molecule has 1 atom stereocenters. The molecule has 1 N–H and O–H groups in total. The number of benzene rings is 2. The van der Waals surface area contributed by atoms with E-state index in [0.717, 1.165) is 19.3 Å². The second-order valence-corrected chi connectivity index (χ2v) is 9.03. The number of amides is 1. The summed E-state index contributed by atoms with van der Waals surface area (Å²) in [5.74, 6) is -1.13. The molecule has 1 unspecified atom stereocenters. The van der Waals surface area contributed by atoms with Gasteiger partial charge < -0.3 is 10.2 Å². The van der Waals surface area contributed by atoms with Gasteiger partial charge in [0.1, 0.15) is 5.82 Å². The van der Waals surface area contributed by atoms with Crippen molar-refractivity contribution in [3.63, 3.8) is 0 Å². The molecule has 1 amide bonds. The van der Waals surface area contributed by atoms with E-state index < -0.39 is 21.6 Å². The lowest BCUT2D eigenvalue weighted by molar-refractivity contribution is -0.112. The molecule has 0 bridgehead atoms. The smallest absolute Gasteiger partial charge is 0.269 e. The first-order chi connectivity index (χ1) is 13.4. The van der Waals surface area contributed by atoms with Crippen LogP contribution in [0.4, 0.5) is 10.1 Å². The van der Waals surface area contributed by atoms with Crippen molar-refractivity contribution in [2.24, 2.45) is 0 Å². The van der Waals surface area contributed by atoms with Crippen molar-refractivity contribution in [3.8, 4) is 0 Å². The fraction of sp³-hybridized carbons (Fsp3) is 0.286. The molecule has 2 heterocycles. The Morgan fingerprint density at radius 2 is 1.82 bits per heavy atom. The summed E-state index contributed by atoms with van der Waals surface area (Å²) in [5, 5.41) is 2.62. The van der Waals surface area contributed by atoms with Crippen LogP contribution in [0, 0.1) is 5.82 Å². The van der Waals surface area contributed by atoms with Crippen LogP contribution in [0.5, 0.6) is 0 Å². The van der Waals surface area contributed by atoms with E-state index in [4.69, 9.17) is 0 Å². The van der Waals surface area contributed by atoms with Gasteiger partial charge in [0.05, 0.1) is 10.6 Å². The van der Waals surface area contributed by atoms with E-state index >= 15 is 0 Å². The van der Waals surface area contributed by atoms with Crippen molar-refractivity contribution in [3.05, 3.63) is 64.8 Å². The highest BCUT2D eigenvalue weighted by molar-refractivity contribution is 7.97. The molecule has 28 heavy (non-hydrogen) atoms. The average Bonchev–Trinajstić information content (AvgIpc) is 2.92. The third-order valence-corrected chi connectivity index (χ3v) is 7.17. The van der Waals surface area contributed by atoms with Gasteiger partial charge in [0.2, 0.25) is 9.84 Å². The van der Waals surface area contributed by atoms with Crippen LogP contribution < -0.4 is 5.32 Å². The molecule has 5 nitrogen and oxygen atoms in total. The Kier molecular flexibility index (Phi) is 4.71. The van der Waals surface area contributed by atoms with Crippen LogP contribution in [0.15, 0.2) is 58.3 Å². The Morgan fingerprint density at radius 3 is 2.54 bits per heavy atom. The highest BCUT2D eigenvalue weighted by atomic mass is 32.2. The predicted octanol–water partition coefficient (Wildman–Crippen LogP) is 3.79. The number of rotatable bonds is 3. The molecule has 1 saturated heterocycles. The topological polar surface area (TPSA) is 66.5 Å². The van der Waals surface area contributed by atoms with E-state index in [0.29, 0.717) is 23.5 Å². The minimum atomic E-state index is -3.94. The quantitative estimate of drug-likeness (QED) is 0.851. The van der Waals surface area contributed by atoms with Gasteiger partial charge in [-0.3, -0.25) is 4.79 Å². The van der Waals surface area contributed by atoms with Crippen LogP contribution in [0.25, 0.3) is 5.70 Å². The SMILES string of the molecule is CC1CCCCN1C1=C(C(=O)Nc2ccc(F)cc2)S(=O)(=O)c2ccccc21. The Labute approximate surface area is 163 Å². The van der Waals surface area contributed by atoms with Crippen molar-refractivity contribution >= 4 is 27.1 Å². The Morgan fingerprint density at radius 1 is 1.11 bits per heavy atom. The fourth-order valence-electron chi connectivity index (χ4n) is 3.92. The van der Waals surface area contributed by atoms with Crippen molar-refractivity contribution < 1.29 is 17.6 Å². The lowest BCUT2D eigenvalue weighted by Gasteiger charge is -2.36. The molecule has 2 aromatic carbocycles. The highest BCUT2D eigenvalue weighted by Crippen LogP contribution is 2.43. The number of nitrogens with zero attached hydrogens (tertiary/aromatic N) is 1. The number of carbonyl (C=O) groups is 1. The third kappa shape index (κ3) is 3.09. The van der Waals surface area contributed by atoms with Crippen molar-refractivity contribution in [2.45, 2.75) is 37.1 Å². The first-order valence-electron chi connectivity index (χ1n) is 9.32. The third-order valence-electron chi connectivity index (χ3n) is 5.31. The van der Waals surface area contributed by atoms with Crippen molar-refractivity contribution in [1.29, 1.82) is 0 Å². The second kappa shape index (κ2) is 7.05. The summed E-state index contributed by atoms with van der Waals surface area (Å²) in [6, 6.07) is 12.1. The van der Waals surface area contributed by atoms with Crippen LogP contribution in [0.3, 0.4) is 0 Å². The molecule has 0 spiro atoms. The molecule has 2 aliphatic rings. The highest BCUT2D eigenvalue weighted by Gasteiger charge is 2.43.